The first-order chi connectivity index (χ1) is 4.91. The second-order valence-electron chi connectivity index (χ2n) is 5.47. The van der Waals surface area contributed by atoms with Gasteiger partial charge in [0.15, 0.2) is 0 Å². The molecule has 1 rings (SSSR count). The van der Waals surface area contributed by atoms with Gasteiger partial charge in [-0.2, -0.15) is 0 Å². The summed E-state index contributed by atoms with van der Waals surface area (Å²) >= 11 is 0. The maximum absolute atomic E-state index is 3.53. The Morgan fingerprint density at radius 2 is 1.82 bits per heavy atom. The van der Waals surface area contributed by atoms with Gasteiger partial charge in [-0.25, -0.2) is 0 Å². The molecule has 11 heavy (non-hydrogen) atoms. The Hall–Kier alpha value is -0.0400. The van der Waals surface area contributed by atoms with Crippen LogP contribution in [0.4, 0.5) is 0 Å². The number of hydrogen-bond donors (Lipinski definition) is 1. The topological polar surface area (TPSA) is 12.0 Å². The minimum Gasteiger partial charge on any atom is -0.316 e. The van der Waals surface area contributed by atoms with Gasteiger partial charge in [0.2, 0.25) is 0 Å². The predicted octanol–water partition coefficient (Wildman–Crippen LogP) is 2.42. The number of hydrogen-bond acceptors (Lipinski definition) is 1. The van der Waals surface area contributed by atoms with Crippen LogP contribution < -0.4 is 5.32 Å². The van der Waals surface area contributed by atoms with Crippen LogP contribution in [0.1, 0.15) is 40.5 Å². The maximum Gasteiger partial charge on any atom is 0.000539 e. The quantitative estimate of drug-likeness (QED) is 0.660. The highest BCUT2D eigenvalue weighted by atomic mass is 14.9. The Kier molecular flexibility index (Phi) is 2.29. The van der Waals surface area contributed by atoms with Gasteiger partial charge in [0, 0.05) is 13.1 Å². The van der Waals surface area contributed by atoms with Crippen LogP contribution in [0, 0.1) is 10.8 Å². The lowest BCUT2D eigenvalue weighted by Gasteiger charge is -2.20. The van der Waals surface area contributed by atoms with E-state index < -0.39 is 0 Å². The summed E-state index contributed by atoms with van der Waals surface area (Å²) in [7, 11) is 0. The molecule has 0 aromatic rings. The highest BCUT2D eigenvalue weighted by molar-refractivity contribution is 4.90. The Labute approximate surface area is 70.6 Å². The molecule has 1 aliphatic carbocycles. The molecule has 0 bridgehead atoms. The first kappa shape index (κ1) is 9.05. The molecule has 1 nitrogen and oxygen atoms in total. The SMILES string of the molecule is CC(C)(C)CNCC1(C)CC1. The van der Waals surface area contributed by atoms with E-state index in [1.165, 1.54) is 19.4 Å². The molecule has 0 spiro atoms. The van der Waals surface area contributed by atoms with Crippen LogP contribution in [-0.2, 0) is 0 Å². The van der Waals surface area contributed by atoms with Crippen LogP contribution in [0.5, 0.6) is 0 Å². The van der Waals surface area contributed by atoms with E-state index in [1.54, 1.807) is 0 Å². The molecule has 66 valence electrons. The van der Waals surface area contributed by atoms with Crippen molar-refractivity contribution >= 4 is 0 Å². The van der Waals surface area contributed by atoms with E-state index in [0.29, 0.717) is 10.8 Å². The molecule has 0 heterocycles. The van der Waals surface area contributed by atoms with Crippen LogP contribution in [0.15, 0.2) is 0 Å². The third-order valence-corrected chi connectivity index (χ3v) is 2.31. The van der Waals surface area contributed by atoms with Gasteiger partial charge >= 0.3 is 0 Å². The summed E-state index contributed by atoms with van der Waals surface area (Å²) in [6.07, 6.45) is 2.84. The minimum atomic E-state index is 0.436. The first-order valence-electron chi connectivity index (χ1n) is 4.62. The van der Waals surface area contributed by atoms with Gasteiger partial charge in [0.25, 0.3) is 0 Å². The lowest BCUT2D eigenvalue weighted by atomic mass is 9.96. The molecule has 0 aromatic carbocycles. The third-order valence-electron chi connectivity index (χ3n) is 2.31. The fraction of sp³-hybridized carbons (Fsp3) is 1.00. The largest absolute Gasteiger partial charge is 0.316 e. The van der Waals surface area contributed by atoms with E-state index >= 15 is 0 Å². The summed E-state index contributed by atoms with van der Waals surface area (Å²) in [4.78, 5) is 0. The smallest absolute Gasteiger partial charge is 0.000539 e. The van der Waals surface area contributed by atoms with Gasteiger partial charge in [0.1, 0.15) is 0 Å². The van der Waals surface area contributed by atoms with Gasteiger partial charge in [-0.3, -0.25) is 0 Å². The molecule has 1 aliphatic rings. The van der Waals surface area contributed by atoms with Crippen LogP contribution in [0.2, 0.25) is 0 Å². The molecule has 0 unspecified atom stereocenters. The maximum atomic E-state index is 3.53. The number of rotatable bonds is 3. The van der Waals surface area contributed by atoms with Crippen molar-refractivity contribution in [3.8, 4) is 0 Å². The zero-order valence-corrected chi connectivity index (χ0v) is 8.33. The molecule has 1 fully saturated rings. The average molecular weight is 155 g/mol. The molecule has 0 atom stereocenters. The van der Waals surface area contributed by atoms with Crippen molar-refractivity contribution in [1.29, 1.82) is 0 Å². The summed E-state index contributed by atoms with van der Waals surface area (Å²) in [5.41, 5.74) is 1.09. The second-order valence-corrected chi connectivity index (χ2v) is 5.47. The van der Waals surface area contributed by atoms with Crippen molar-refractivity contribution in [3.63, 3.8) is 0 Å². The molecule has 1 saturated carbocycles. The highest BCUT2D eigenvalue weighted by Crippen LogP contribution is 2.44. The van der Waals surface area contributed by atoms with Crippen molar-refractivity contribution in [2.45, 2.75) is 40.5 Å². The van der Waals surface area contributed by atoms with E-state index in [-0.39, 0.29) is 0 Å². The standard InChI is InChI=1S/C10H21N/c1-9(2,3)7-11-8-10(4)5-6-10/h11H,5-8H2,1-4H3. The van der Waals surface area contributed by atoms with Crippen molar-refractivity contribution in [1.82, 2.24) is 5.32 Å². The summed E-state index contributed by atoms with van der Waals surface area (Å²) in [5.74, 6) is 0. The average Bonchev–Trinajstić information content (AvgIpc) is 2.44. The van der Waals surface area contributed by atoms with Crippen LogP contribution in [0.3, 0.4) is 0 Å². The Bertz CT molecular complexity index is 123. The zero-order chi connectivity index (χ0) is 8.54. The molecule has 0 saturated heterocycles. The first-order valence-corrected chi connectivity index (χ1v) is 4.62. The van der Waals surface area contributed by atoms with Crippen molar-refractivity contribution in [2.75, 3.05) is 13.1 Å². The normalized spacial score (nSPS) is 21.8. The van der Waals surface area contributed by atoms with Gasteiger partial charge in [-0.15, -0.1) is 0 Å². The van der Waals surface area contributed by atoms with Crippen LogP contribution in [0.25, 0.3) is 0 Å². The van der Waals surface area contributed by atoms with E-state index in [0.717, 1.165) is 6.54 Å². The highest BCUT2D eigenvalue weighted by Gasteiger charge is 2.36. The Morgan fingerprint density at radius 1 is 1.27 bits per heavy atom. The Morgan fingerprint density at radius 3 is 2.18 bits per heavy atom. The summed E-state index contributed by atoms with van der Waals surface area (Å²) in [6, 6.07) is 0. The van der Waals surface area contributed by atoms with Crippen molar-refractivity contribution < 1.29 is 0 Å². The summed E-state index contributed by atoms with van der Waals surface area (Å²) < 4.78 is 0. The lowest BCUT2D eigenvalue weighted by molar-refractivity contribution is 0.358. The molecular formula is C10H21N. The molecule has 1 N–H and O–H groups in total. The summed E-state index contributed by atoms with van der Waals surface area (Å²) in [5, 5.41) is 3.53. The third kappa shape index (κ3) is 3.76. The van der Waals surface area contributed by atoms with Gasteiger partial charge in [0.05, 0.1) is 0 Å². The van der Waals surface area contributed by atoms with Gasteiger partial charge < -0.3 is 5.32 Å². The fourth-order valence-corrected chi connectivity index (χ4v) is 1.13. The van der Waals surface area contributed by atoms with Crippen molar-refractivity contribution in [3.05, 3.63) is 0 Å². The molecule has 0 amide bonds. The van der Waals surface area contributed by atoms with Gasteiger partial charge in [-0.1, -0.05) is 27.7 Å². The van der Waals surface area contributed by atoms with Crippen LogP contribution in [-0.4, -0.2) is 13.1 Å². The second kappa shape index (κ2) is 2.78. The molecule has 1 heteroatoms. The number of nitrogens with one attached hydrogen (secondary N) is 1. The molecule has 0 aromatic heterocycles. The fourth-order valence-electron chi connectivity index (χ4n) is 1.13. The van der Waals surface area contributed by atoms with E-state index in [1.807, 2.05) is 0 Å². The zero-order valence-electron chi connectivity index (χ0n) is 8.33. The van der Waals surface area contributed by atoms with Gasteiger partial charge in [-0.05, 0) is 23.7 Å². The van der Waals surface area contributed by atoms with E-state index in [2.05, 4.69) is 33.0 Å². The minimum absolute atomic E-state index is 0.436. The molecular weight excluding hydrogens is 134 g/mol. The van der Waals surface area contributed by atoms with Crippen molar-refractivity contribution in [2.24, 2.45) is 10.8 Å². The predicted molar refractivity (Wildman–Crippen MR) is 49.7 cm³/mol. The lowest BCUT2D eigenvalue weighted by Crippen LogP contribution is -2.30. The monoisotopic (exact) mass is 155 g/mol. The van der Waals surface area contributed by atoms with Crippen LogP contribution >= 0.6 is 0 Å². The Balaban J connectivity index is 2.05. The van der Waals surface area contributed by atoms with E-state index in [4.69, 9.17) is 0 Å². The molecule has 0 aliphatic heterocycles. The summed E-state index contributed by atoms with van der Waals surface area (Å²) in [6.45, 7) is 11.5. The van der Waals surface area contributed by atoms with E-state index in [9.17, 15) is 0 Å². The molecule has 0 radical (unpaired) electrons.